The molecule has 2 rings (SSSR count). The fourth-order valence-corrected chi connectivity index (χ4v) is 2.93. The molecule has 2 aromatic rings. The van der Waals surface area contributed by atoms with Crippen molar-refractivity contribution < 1.29 is 22.7 Å². The molecule has 0 aromatic heterocycles. The minimum Gasteiger partial charge on any atom is -0.452 e. The zero-order valence-corrected chi connectivity index (χ0v) is 16.6. The lowest BCUT2D eigenvalue weighted by atomic mass is 9.87. The van der Waals surface area contributed by atoms with Gasteiger partial charge in [-0.3, -0.25) is 4.79 Å². The van der Waals surface area contributed by atoms with E-state index in [2.05, 4.69) is 26.1 Å². The second-order valence-corrected chi connectivity index (χ2v) is 9.26. The third-order valence-electron chi connectivity index (χ3n) is 3.89. The Kier molecular flexibility index (Phi) is 6.05. The van der Waals surface area contributed by atoms with Crippen LogP contribution in [-0.4, -0.2) is 33.2 Å². The van der Waals surface area contributed by atoms with Gasteiger partial charge in [0.1, 0.15) is 0 Å². The number of carbonyl (C=O) groups excluding carboxylic acids is 2. The zero-order chi connectivity index (χ0) is 20.2. The molecule has 2 aromatic carbocycles. The molecule has 0 saturated carbocycles. The monoisotopic (exact) mass is 389 g/mol. The molecule has 0 unspecified atom stereocenters. The van der Waals surface area contributed by atoms with Crippen molar-refractivity contribution in [3.63, 3.8) is 0 Å². The van der Waals surface area contributed by atoms with Gasteiger partial charge in [0, 0.05) is 11.9 Å². The molecule has 1 amide bonds. The summed E-state index contributed by atoms with van der Waals surface area (Å²) in [5.74, 6) is -1.16. The minimum atomic E-state index is -3.33. The topological polar surface area (TPSA) is 89.5 Å². The van der Waals surface area contributed by atoms with Gasteiger partial charge in [0.05, 0.1) is 10.5 Å². The third kappa shape index (κ3) is 5.92. The number of anilines is 1. The van der Waals surface area contributed by atoms with Gasteiger partial charge in [-0.15, -0.1) is 0 Å². The fraction of sp³-hybridized carbons (Fsp3) is 0.300. The number of amides is 1. The molecule has 27 heavy (non-hydrogen) atoms. The Bertz CT molecular complexity index is 924. The number of hydrogen-bond acceptors (Lipinski definition) is 5. The van der Waals surface area contributed by atoms with Crippen LogP contribution in [0.5, 0.6) is 0 Å². The number of benzene rings is 2. The second kappa shape index (κ2) is 7.92. The van der Waals surface area contributed by atoms with E-state index in [9.17, 15) is 18.0 Å². The smallest absolute Gasteiger partial charge is 0.338 e. The van der Waals surface area contributed by atoms with E-state index < -0.39 is 28.3 Å². The van der Waals surface area contributed by atoms with Crippen LogP contribution in [0.15, 0.2) is 53.4 Å². The molecule has 6 nitrogen and oxygen atoms in total. The predicted octanol–water partition coefficient (Wildman–Crippen LogP) is 3.18. The molecule has 0 aliphatic heterocycles. The van der Waals surface area contributed by atoms with E-state index in [1.54, 1.807) is 12.1 Å². The average molecular weight is 389 g/mol. The van der Waals surface area contributed by atoms with Crippen molar-refractivity contribution in [3.05, 3.63) is 59.7 Å². The number of nitrogens with one attached hydrogen (secondary N) is 1. The maximum atomic E-state index is 12.0. The van der Waals surface area contributed by atoms with Crippen LogP contribution in [0.2, 0.25) is 0 Å². The van der Waals surface area contributed by atoms with Gasteiger partial charge in [-0.2, -0.15) is 0 Å². The summed E-state index contributed by atoms with van der Waals surface area (Å²) in [7, 11) is -3.33. The van der Waals surface area contributed by atoms with Crippen LogP contribution in [0.3, 0.4) is 0 Å². The number of ether oxygens (including phenoxy) is 1. The predicted molar refractivity (Wildman–Crippen MR) is 104 cm³/mol. The molecular formula is C20H23NO5S. The van der Waals surface area contributed by atoms with Crippen LogP contribution in [-0.2, 0) is 24.8 Å². The molecule has 0 spiro atoms. The van der Waals surface area contributed by atoms with E-state index in [4.69, 9.17) is 4.74 Å². The Hall–Kier alpha value is -2.67. The maximum absolute atomic E-state index is 12.0. The molecule has 0 aliphatic carbocycles. The summed E-state index contributed by atoms with van der Waals surface area (Å²) in [4.78, 5) is 24.0. The van der Waals surface area contributed by atoms with Gasteiger partial charge in [-0.1, -0.05) is 32.9 Å². The van der Waals surface area contributed by atoms with Crippen LogP contribution in [0.4, 0.5) is 5.69 Å². The Balaban J connectivity index is 1.90. The zero-order valence-electron chi connectivity index (χ0n) is 15.8. The van der Waals surface area contributed by atoms with Crippen molar-refractivity contribution in [3.8, 4) is 0 Å². The van der Waals surface area contributed by atoms with E-state index in [1.807, 2.05) is 12.1 Å². The molecule has 0 fully saturated rings. The summed E-state index contributed by atoms with van der Waals surface area (Å²) in [5.41, 5.74) is 1.95. The Labute approximate surface area is 159 Å². The van der Waals surface area contributed by atoms with Gasteiger partial charge < -0.3 is 10.1 Å². The first kappa shape index (κ1) is 20.6. The highest BCUT2D eigenvalue weighted by Gasteiger charge is 2.14. The van der Waals surface area contributed by atoms with E-state index >= 15 is 0 Å². The summed E-state index contributed by atoms with van der Waals surface area (Å²) in [5, 5.41) is 2.66. The van der Waals surface area contributed by atoms with Crippen molar-refractivity contribution in [1.29, 1.82) is 0 Å². The highest BCUT2D eigenvalue weighted by atomic mass is 32.2. The standard InChI is InChI=1S/C20H23NO5S/c1-20(2,3)15-7-9-16(10-8-15)21-18(22)13-26-19(23)14-5-11-17(12-6-14)27(4,24)25/h5-12H,13H2,1-4H3,(H,21,22). The molecule has 0 saturated heterocycles. The Morgan fingerprint density at radius 1 is 0.963 bits per heavy atom. The third-order valence-corrected chi connectivity index (χ3v) is 5.02. The molecule has 144 valence electrons. The van der Waals surface area contributed by atoms with Crippen molar-refractivity contribution in [1.82, 2.24) is 0 Å². The van der Waals surface area contributed by atoms with E-state index in [1.165, 1.54) is 24.3 Å². The van der Waals surface area contributed by atoms with Gasteiger partial charge in [0.25, 0.3) is 5.91 Å². The number of hydrogen-bond donors (Lipinski definition) is 1. The number of sulfone groups is 1. The second-order valence-electron chi connectivity index (χ2n) is 7.25. The lowest BCUT2D eigenvalue weighted by Crippen LogP contribution is -2.21. The van der Waals surface area contributed by atoms with Crippen LogP contribution >= 0.6 is 0 Å². The lowest BCUT2D eigenvalue weighted by Gasteiger charge is -2.19. The summed E-state index contributed by atoms with van der Waals surface area (Å²) in [6.07, 6.45) is 1.08. The molecule has 0 bridgehead atoms. The Morgan fingerprint density at radius 2 is 1.52 bits per heavy atom. The Morgan fingerprint density at radius 3 is 2.00 bits per heavy atom. The van der Waals surface area contributed by atoms with E-state index in [0.717, 1.165) is 11.8 Å². The van der Waals surface area contributed by atoms with Crippen LogP contribution < -0.4 is 5.32 Å². The molecule has 0 heterocycles. The number of rotatable bonds is 5. The largest absolute Gasteiger partial charge is 0.452 e. The van der Waals surface area contributed by atoms with E-state index in [-0.39, 0.29) is 15.9 Å². The molecular weight excluding hydrogens is 366 g/mol. The normalized spacial score (nSPS) is 11.7. The summed E-state index contributed by atoms with van der Waals surface area (Å²) in [6, 6.07) is 12.8. The van der Waals surface area contributed by atoms with Crippen molar-refractivity contribution >= 4 is 27.4 Å². The molecule has 0 aliphatic rings. The van der Waals surface area contributed by atoms with Crippen LogP contribution in [0.25, 0.3) is 0 Å². The van der Waals surface area contributed by atoms with Crippen molar-refractivity contribution in [2.75, 3.05) is 18.2 Å². The van der Waals surface area contributed by atoms with Crippen LogP contribution in [0, 0.1) is 0 Å². The first-order chi connectivity index (χ1) is 12.5. The summed E-state index contributed by atoms with van der Waals surface area (Å²) >= 11 is 0. The number of carbonyl (C=O) groups is 2. The SMILES string of the molecule is CC(C)(C)c1ccc(NC(=O)COC(=O)c2ccc(S(C)(=O)=O)cc2)cc1. The van der Waals surface area contributed by atoms with Gasteiger partial charge in [0.15, 0.2) is 16.4 Å². The van der Waals surface area contributed by atoms with Gasteiger partial charge in [-0.05, 0) is 47.4 Å². The average Bonchev–Trinajstić information content (AvgIpc) is 2.58. The van der Waals surface area contributed by atoms with Gasteiger partial charge in [0.2, 0.25) is 0 Å². The molecule has 0 radical (unpaired) electrons. The van der Waals surface area contributed by atoms with Crippen LogP contribution in [0.1, 0.15) is 36.7 Å². The maximum Gasteiger partial charge on any atom is 0.338 e. The van der Waals surface area contributed by atoms with Crippen molar-refractivity contribution in [2.24, 2.45) is 0 Å². The quantitative estimate of drug-likeness (QED) is 0.793. The van der Waals surface area contributed by atoms with E-state index in [0.29, 0.717) is 5.69 Å². The summed E-state index contributed by atoms with van der Waals surface area (Å²) < 4.78 is 27.8. The first-order valence-electron chi connectivity index (χ1n) is 8.34. The minimum absolute atomic E-state index is 0.0186. The molecule has 0 atom stereocenters. The number of esters is 1. The van der Waals surface area contributed by atoms with Crippen molar-refractivity contribution in [2.45, 2.75) is 31.1 Å². The fourth-order valence-electron chi connectivity index (χ4n) is 2.30. The van der Waals surface area contributed by atoms with Gasteiger partial charge >= 0.3 is 5.97 Å². The van der Waals surface area contributed by atoms with Gasteiger partial charge in [-0.25, -0.2) is 13.2 Å². The molecule has 1 N–H and O–H groups in total. The lowest BCUT2D eigenvalue weighted by molar-refractivity contribution is -0.119. The molecule has 7 heteroatoms. The highest BCUT2D eigenvalue weighted by molar-refractivity contribution is 7.90. The first-order valence-corrected chi connectivity index (χ1v) is 10.2. The summed E-state index contributed by atoms with van der Waals surface area (Å²) in [6.45, 7) is 5.86. The highest BCUT2D eigenvalue weighted by Crippen LogP contribution is 2.23.